The number of likely N-dealkylation sites (tertiary alicyclic amines) is 1. The second-order valence-corrected chi connectivity index (χ2v) is 6.85. The molecule has 2 aromatic rings. The molecule has 1 heterocycles. The van der Waals surface area contributed by atoms with Crippen LogP contribution in [0, 0.1) is 5.92 Å². The maximum Gasteiger partial charge on any atom is 0.335 e. The molecule has 0 atom stereocenters. The predicted molar refractivity (Wildman–Crippen MR) is 101 cm³/mol. The molecule has 2 aromatic carbocycles. The zero-order chi connectivity index (χ0) is 19.4. The highest BCUT2D eigenvalue weighted by Gasteiger charge is 2.25. The Labute approximate surface area is 157 Å². The summed E-state index contributed by atoms with van der Waals surface area (Å²) in [5.41, 5.74) is 7.24. The van der Waals surface area contributed by atoms with Crippen LogP contribution in [0.5, 0.6) is 0 Å². The molecule has 2 amide bonds. The first-order chi connectivity index (χ1) is 13.0. The van der Waals surface area contributed by atoms with Crippen molar-refractivity contribution in [1.29, 1.82) is 0 Å². The molecular formula is C21H22N2O4. The predicted octanol–water partition coefficient (Wildman–Crippen LogP) is 2.58. The van der Waals surface area contributed by atoms with E-state index in [4.69, 9.17) is 5.73 Å². The zero-order valence-corrected chi connectivity index (χ0v) is 14.9. The van der Waals surface area contributed by atoms with E-state index in [1.807, 2.05) is 12.1 Å². The molecule has 0 radical (unpaired) electrons. The van der Waals surface area contributed by atoms with Crippen LogP contribution in [0.1, 0.15) is 49.5 Å². The minimum absolute atomic E-state index is 0.109. The van der Waals surface area contributed by atoms with Crippen molar-refractivity contribution in [2.75, 3.05) is 13.1 Å². The second kappa shape index (κ2) is 8.03. The van der Waals surface area contributed by atoms with E-state index >= 15 is 0 Å². The molecule has 3 rings (SSSR count). The van der Waals surface area contributed by atoms with Crippen LogP contribution in [0.3, 0.4) is 0 Å². The van der Waals surface area contributed by atoms with Gasteiger partial charge >= 0.3 is 5.97 Å². The Kier molecular flexibility index (Phi) is 5.54. The molecule has 6 heteroatoms. The molecule has 1 saturated heterocycles. The standard InChI is InChI=1S/C21H22N2O4/c22-19(24)16-5-3-6-17(13-16)20(25)23-10-8-14(9-11-23)12-15-4-1-2-7-18(15)21(26)27/h1-7,13-14H,8-12H2,(H2,22,24)(H,26,27). The average molecular weight is 366 g/mol. The van der Waals surface area contributed by atoms with Crippen LogP contribution in [0.25, 0.3) is 0 Å². The number of nitrogens with two attached hydrogens (primary N) is 1. The van der Waals surface area contributed by atoms with Crippen LogP contribution >= 0.6 is 0 Å². The Morgan fingerprint density at radius 2 is 1.67 bits per heavy atom. The fourth-order valence-corrected chi connectivity index (χ4v) is 3.55. The van der Waals surface area contributed by atoms with Crippen molar-refractivity contribution in [3.05, 3.63) is 70.8 Å². The van der Waals surface area contributed by atoms with E-state index in [1.54, 1.807) is 35.2 Å². The number of carboxylic acid groups (broad SMARTS) is 1. The van der Waals surface area contributed by atoms with Crippen molar-refractivity contribution >= 4 is 17.8 Å². The lowest BCUT2D eigenvalue weighted by Crippen LogP contribution is -2.39. The fraction of sp³-hybridized carbons (Fsp3) is 0.286. The lowest BCUT2D eigenvalue weighted by molar-refractivity contribution is 0.0690. The SMILES string of the molecule is NC(=O)c1cccc(C(=O)N2CCC(Cc3ccccc3C(=O)O)CC2)c1. The monoisotopic (exact) mass is 366 g/mol. The minimum Gasteiger partial charge on any atom is -0.478 e. The van der Waals surface area contributed by atoms with Gasteiger partial charge in [0.1, 0.15) is 0 Å². The molecule has 6 nitrogen and oxygen atoms in total. The Morgan fingerprint density at radius 1 is 1.00 bits per heavy atom. The van der Waals surface area contributed by atoms with Crippen molar-refractivity contribution < 1.29 is 19.5 Å². The van der Waals surface area contributed by atoms with Gasteiger partial charge < -0.3 is 15.7 Å². The van der Waals surface area contributed by atoms with Crippen LogP contribution in [0.2, 0.25) is 0 Å². The van der Waals surface area contributed by atoms with Gasteiger partial charge in [-0.3, -0.25) is 9.59 Å². The molecule has 0 spiro atoms. The molecule has 0 aromatic heterocycles. The van der Waals surface area contributed by atoms with Gasteiger partial charge in [-0.2, -0.15) is 0 Å². The summed E-state index contributed by atoms with van der Waals surface area (Å²) in [7, 11) is 0. The quantitative estimate of drug-likeness (QED) is 0.849. The maximum atomic E-state index is 12.7. The highest BCUT2D eigenvalue weighted by atomic mass is 16.4. The van der Waals surface area contributed by atoms with Gasteiger partial charge in [0.05, 0.1) is 5.56 Å². The summed E-state index contributed by atoms with van der Waals surface area (Å²) >= 11 is 0. The van der Waals surface area contributed by atoms with Gasteiger partial charge in [0.2, 0.25) is 5.91 Å². The number of rotatable bonds is 5. The first kappa shape index (κ1) is 18.6. The van der Waals surface area contributed by atoms with E-state index in [0.717, 1.165) is 18.4 Å². The Hall–Kier alpha value is -3.15. The summed E-state index contributed by atoms with van der Waals surface area (Å²) < 4.78 is 0. The van der Waals surface area contributed by atoms with Gasteiger partial charge in [-0.05, 0) is 55.0 Å². The molecule has 1 fully saturated rings. The van der Waals surface area contributed by atoms with Crippen LogP contribution < -0.4 is 5.73 Å². The van der Waals surface area contributed by atoms with Crippen molar-refractivity contribution in [2.24, 2.45) is 11.7 Å². The van der Waals surface area contributed by atoms with Crippen molar-refractivity contribution in [1.82, 2.24) is 4.90 Å². The number of amides is 2. The van der Waals surface area contributed by atoms with Crippen molar-refractivity contribution in [3.63, 3.8) is 0 Å². The maximum absolute atomic E-state index is 12.7. The smallest absolute Gasteiger partial charge is 0.335 e. The summed E-state index contributed by atoms with van der Waals surface area (Å²) in [6, 6.07) is 13.5. The Bertz CT molecular complexity index is 870. The van der Waals surface area contributed by atoms with Gasteiger partial charge in [-0.1, -0.05) is 24.3 Å². The molecular weight excluding hydrogens is 344 g/mol. The van der Waals surface area contributed by atoms with Gasteiger partial charge in [0.25, 0.3) is 5.91 Å². The van der Waals surface area contributed by atoms with Crippen LogP contribution in [0.15, 0.2) is 48.5 Å². The van der Waals surface area contributed by atoms with E-state index < -0.39 is 11.9 Å². The number of aromatic carboxylic acids is 1. The van der Waals surface area contributed by atoms with E-state index in [0.29, 0.717) is 42.1 Å². The number of piperidine rings is 1. The number of carbonyl (C=O) groups is 3. The van der Waals surface area contributed by atoms with Crippen molar-refractivity contribution in [3.8, 4) is 0 Å². The number of hydrogen-bond acceptors (Lipinski definition) is 3. The molecule has 0 bridgehead atoms. The molecule has 0 saturated carbocycles. The number of carboxylic acids is 1. The third-order valence-corrected chi connectivity index (χ3v) is 5.05. The molecule has 140 valence electrons. The number of benzene rings is 2. The molecule has 1 aliphatic heterocycles. The lowest BCUT2D eigenvalue weighted by Gasteiger charge is -2.32. The van der Waals surface area contributed by atoms with E-state index in [-0.39, 0.29) is 5.91 Å². The van der Waals surface area contributed by atoms with Gasteiger partial charge in [0.15, 0.2) is 0 Å². The zero-order valence-electron chi connectivity index (χ0n) is 14.9. The molecule has 0 unspecified atom stereocenters. The third-order valence-electron chi connectivity index (χ3n) is 5.05. The first-order valence-corrected chi connectivity index (χ1v) is 8.96. The highest BCUT2D eigenvalue weighted by Crippen LogP contribution is 2.24. The van der Waals surface area contributed by atoms with E-state index in [9.17, 15) is 19.5 Å². The number of hydrogen-bond donors (Lipinski definition) is 2. The second-order valence-electron chi connectivity index (χ2n) is 6.85. The minimum atomic E-state index is -0.910. The van der Waals surface area contributed by atoms with Crippen LogP contribution in [0.4, 0.5) is 0 Å². The molecule has 3 N–H and O–H groups in total. The summed E-state index contributed by atoms with van der Waals surface area (Å²) in [5, 5.41) is 9.31. The largest absolute Gasteiger partial charge is 0.478 e. The fourth-order valence-electron chi connectivity index (χ4n) is 3.55. The van der Waals surface area contributed by atoms with E-state index in [2.05, 4.69) is 0 Å². The molecule has 27 heavy (non-hydrogen) atoms. The Morgan fingerprint density at radius 3 is 2.33 bits per heavy atom. The topological polar surface area (TPSA) is 101 Å². The van der Waals surface area contributed by atoms with Gasteiger partial charge in [-0.25, -0.2) is 4.79 Å². The van der Waals surface area contributed by atoms with Gasteiger partial charge in [-0.15, -0.1) is 0 Å². The summed E-state index contributed by atoms with van der Waals surface area (Å²) in [6.07, 6.45) is 2.33. The van der Waals surface area contributed by atoms with Crippen LogP contribution in [-0.2, 0) is 6.42 Å². The average Bonchev–Trinajstić information content (AvgIpc) is 2.68. The highest BCUT2D eigenvalue weighted by molar-refractivity contribution is 5.99. The normalized spacial score (nSPS) is 14.7. The summed E-state index contributed by atoms with van der Waals surface area (Å²) in [5.74, 6) is -1.23. The lowest BCUT2D eigenvalue weighted by atomic mass is 9.88. The van der Waals surface area contributed by atoms with Gasteiger partial charge in [0, 0.05) is 24.2 Å². The summed E-state index contributed by atoms with van der Waals surface area (Å²) in [4.78, 5) is 37.1. The third kappa shape index (κ3) is 4.34. The van der Waals surface area contributed by atoms with E-state index in [1.165, 1.54) is 6.07 Å². The van der Waals surface area contributed by atoms with Crippen molar-refractivity contribution in [2.45, 2.75) is 19.3 Å². The van der Waals surface area contributed by atoms with Crippen LogP contribution in [-0.4, -0.2) is 40.9 Å². The first-order valence-electron chi connectivity index (χ1n) is 8.96. The molecule has 1 aliphatic rings. The molecule has 0 aliphatic carbocycles. The Balaban J connectivity index is 1.62. The summed E-state index contributed by atoms with van der Waals surface area (Å²) in [6.45, 7) is 1.22. The number of primary amides is 1. The number of nitrogens with zero attached hydrogens (tertiary/aromatic N) is 1. The number of carbonyl (C=O) groups excluding carboxylic acids is 2.